The van der Waals surface area contributed by atoms with Crippen LogP contribution in [0.2, 0.25) is 0 Å². The third-order valence-corrected chi connectivity index (χ3v) is 13.8. The minimum absolute atomic E-state index is 0.0398. The summed E-state index contributed by atoms with van der Waals surface area (Å²) in [6, 6.07) is 36.4. The minimum atomic E-state index is -5.01. The normalized spacial score (nSPS) is 11.8. The van der Waals surface area contributed by atoms with Crippen molar-refractivity contribution in [2.45, 2.75) is 77.3 Å². The van der Waals surface area contributed by atoms with Crippen molar-refractivity contribution in [3.63, 3.8) is 0 Å². The summed E-state index contributed by atoms with van der Waals surface area (Å²) in [5, 5.41) is 0.194. The molecule has 0 atom stereocenters. The first kappa shape index (κ1) is 72.8. The van der Waals surface area contributed by atoms with E-state index in [0.29, 0.717) is 46.8 Å². The first-order chi connectivity index (χ1) is 43.8. The van der Waals surface area contributed by atoms with Crippen LogP contribution < -0.4 is 9.80 Å². The van der Waals surface area contributed by atoms with Gasteiger partial charge in [-0.1, -0.05) is 137 Å². The lowest BCUT2D eigenvalue weighted by molar-refractivity contribution is -0.144. The topological polar surface area (TPSA) is 119 Å². The van der Waals surface area contributed by atoms with Crippen LogP contribution in [0, 0.1) is 0 Å². The number of methoxy groups -OCH3 is 2. The number of pyridine rings is 2. The van der Waals surface area contributed by atoms with E-state index in [4.69, 9.17) is 32.7 Å². The van der Waals surface area contributed by atoms with Crippen LogP contribution in [0.25, 0.3) is 34.4 Å². The van der Waals surface area contributed by atoms with Crippen molar-refractivity contribution in [3.05, 3.63) is 249 Å². The molecular weight excluding hydrogens is 1280 g/mol. The van der Waals surface area contributed by atoms with Crippen molar-refractivity contribution >= 4 is 70.5 Å². The number of halogens is 14. The van der Waals surface area contributed by atoms with E-state index in [1.165, 1.54) is 72.6 Å². The molecule has 0 saturated carbocycles. The zero-order chi connectivity index (χ0) is 68.6. The predicted octanol–water partition coefficient (Wildman–Crippen LogP) is 19.3. The zero-order valence-electron chi connectivity index (χ0n) is 50.3. The van der Waals surface area contributed by atoms with Crippen LogP contribution in [0.15, 0.2) is 182 Å². The van der Waals surface area contributed by atoms with E-state index in [0.717, 1.165) is 34.6 Å². The average Bonchev–Trinajstić information content (AvgIpc) is 0.809. The molecule has 8 aromatic rings. The molecule has 24 heteroatoms. The van der Waals surface area contributed by atoms with Gasteiger partial charge in [-0.15, -0.1) is 23.2 Å². The van der Waals surface area contributed by atoms with Gasteiger partial charge < -0.3 is 19.3 Å². The molecule has 0 fully saturated rings. The average molecular weight is 1340 g/mol. The lowest BCUT2D eigenvalue weighted by Gasteiger charge is -2.28. The van der Waals surface area contributed by atoms with Gasteiger partial charge in [-0.3, -0.25) is 19.6 Å². The lowest BCUT2D eigenvalue weighted by Crippen LogP contribution is -2.32. The molecule has 93 heavy (non-hydrogen) atoms. The number of benzene rings is 6. The van der Waals surface area contributed by atoms with Crippen LogP contribution in [-0.4, -0.2) is 53.3 Å². The number of hydrogen-bond donors (Lipinski definition) is 0. The monoisotopic (exact) mass is 1340 g/mol. The molecule has 0 aliphatic heterocycles. The quantitative estimate of drug-likeness (QED) is 0.0406. The number of anilines is 2. The molecule has 2 aromatic heterocycles. The number of alkyl halides is 14. The molecule has 10 nitrogen and oxygen atoms in total. The van der Waals surface area contributed by atoms with Crippen LogP contribution in [0.1, 0.15) is 116 Å². The number of nitrogens with zero attached hydrogens (tertiary/aromatic N) is 4. The fourth-order valence-electron chi connectivity index (χ4n) is 9.37. The Balaban J connectivity index is 0.000000283. The molecule has 0 aliphatic rings. The molecule has 2 heterocycles. The van der Waals surface area contributed by atoms with Gasteiger partial charge in [0.1, 0.15) is 11.4 Å². The molecule has 0 spiro atoms. The maximum atomic E-state index is 14.1. The summed E-state index contributed by atoms with van der Waals surface area (Å²) in [7, 11) is 2.48. The second-order valence-electron chi connectivity index (χ2n) is 20.9. The van der Waals surface area contributed by atoms with Crippen molar-refractivity contribution in [1.29, 1.82) is 0 Å². The largest absolute Gasteiger partial charge is 0.466 e. The number of para-hydroxylation sites is 2. The van der Waals surface area contributed by atoms with Gasteiger partial charge in [-0.05, 0) is 117 Å². The summed E-state index contributed by atoms with van der Waals surface area (Å²) in [6.07, 6.45) is -12.4. The number of amides is 2. The highest BCUT2D eigenvalue weighted by molar-refractivity contribution is 6.40. The van der Waals surface area contributed by atoms with Crippen LogP contribution in [0.3, 0.4) is 0 Å². The van der Waals surface area contributed by atoms with Gasteiger partial charge >= 0.3 is 36.6 Å². The van der Waals surface area contributed by atoms with E-state index in [1.807, 2.05) is 100 Å². The van der Waals surface area contributed by atoms with E-state index in [1.54, 1.807) is 24.3 Å². The van der Waals surface area contributed by atoms with Gasteiger partial charge in [-0.25, -0.2) is 9.59 Å². The number of rotatable bonds is 16. The lowest BCUT2D eigenvalue weighted by atomic mass is 9.95. The standard InChI is InChI=1S/2C34H28F6N2O3.CH2Cl2/c2*1-21(2)28-11-7-10-23(13-15-30(43)45-3)31(28)42(20-22-8-5-4-6-9-22)32(44)29-14-12-24(19-41-29)25-16-26(33(35,36)37)18-27(17-25)34(38,39)40;2-1-3/h2*4-19,21H,20H2,1-3H3;1H2/b2*15-13+;. The van der Waals surface area contributed by atoms with E-state index in [2.05, 4.69) is 9.97 Å². The van der Waals surface area contributed by atoms with Gasteiger partial charge in [0.25, 0.3) is 11.8 Å². The van der Waals surface area contributed by atoms with Gasteiger partial charge in [0.05, 0.1) is 66.3 Å². The van der Waals surface area contributed by atoms with Crippen LogP contribution >= 0.6 is 23.2 Å². The Morgan fingerprint density at radius 3 is 1.01 bits per heavy atom. The fraction of sp³-hybridized carbons (Fsp3) is 0.217. The van der Waals surface area contributed by atoms with Crippen molar-refractivity contribution in [2.75, 3.05) is 29.4 Å². The number of aromatic nitrogens is 2. The van der Waals surface area contributed by atoms with E-state index in [9.17, 15) is 71.9 Å². The summed E-state index contributed by atoms with van der Waals surface area (Å²) in [5.41, 5.74) is -1.64. The maximum absolute atomic E-state index is 14.1. The molecule has 8 rings (SSSR count). The van der Waals surface area contributed by atoms with Crippen LogP contribution in [-0.2, 0) is 56.9 Å². The molecule has 6 aromatic carbocycles. The highest BCUT2D eigenvalue weighted by Gasteiger charge is 2.39. The molecule has 488 valence electrons. The van der Waals surface area contributed by atoms with Crippen molar-refractivity contribution < 1.29 is 81.3 Å². The molecule has 0 radical (unpaired) electrons. The first-order valence-corrected chi connectivity index (χ1v) is 29.0. The number of carbonyl (C=O) groups is 4. The minimum Gasteiger partial charge on any atom is -0.466 e. The summed E-state index contributed by atoms with van der Waals surface area (Å²) in [5.74, 6) is -2.47. The third-order valence-electron chi connectivity index (χ3n) is 13.8. The SMILES string of the molecule is COC(=O)/C=C/c1cccc(C(C)C)c1N(Cc1ccccc1)C(=O)c1ccc(-c2cc(C(F)(F)F)cc(C(F)(F)F)c2)cn1.COC(=O)/C=C/c1cccc(C(C)C)c1N(Cc1ccccc1)C(=O)c1ccc(-c2cc(C(F)(F)F)cc(C(F)(F)F)c2)cn1.ClCCl. The summed E-state index contributed by atoms with van der Waals surface area (Å²) >= 11 is 9.53. The molecule has 0 saturated heterocycles. The Morgan fingerprint density at radius 1 is 0.441 bits per heavy atom. The van der Waals surface area contributed by atoms with Crippen LogP contribution in [0.5, 0.6) is 0 Å². The third kappa shape index (κ3) is 19.9. The Kier molecular flexibility index (Phi) is 24.9. The smallest absolute Gasteiger partial charge is 0.416 e. The van der Waals surface area contributed by atoms with Gasteiger partial charge in [0, 0.05) is 35.7 Å². The molecule has 0 unspecified atom stereocenters. The van der Waals surface area contributed by atoms with E-state index in [-0.39, 0.29) is 76.0 Å². The van der Waals surface area contributed by atoms with Crippen LogP contribution in [0.4, 0.5) is 64.1 Å². The Labute approximate surface area is 537 Å². The highest BCUT2D eigenvalue weighted by atomic mass is 35.5. The summed E-state index contributed by atoms with van der Waals surface area (Å²) in [6.45, 7) is 7.94. The van der Waals surface area contributed by atoms with Crippen molar-refractivity contribution in [1.82, 2.24) is 9.97 Å². The molecule has 0 bridgehead atoms. The van der Waals surface area contributed by atoms with Crippen molar-refractivity contribution in [3.8, 4) is 22.3 Å². The molecule has 0 aliphatic carbocycles. The van der Waals surface area contributed by atoms with E-state index >= 15 is 0 Å². The molecular formula is C69H58Cl2F12N4O6. The van der Waals surface area contributed by atoms with Crippen molar-refractivity contribution in [2.24, 2.45) is 0 Å². The Hall–Kier alpha value is -9.28. The first-order valence-electron chi connectivity index (χ1n) is 27.9. The second-order valence-corrected chi connectivity index (χ2v) is 21.7. The van der Waals surface area contributed by atoms with Gasteiger partial charge in [-0.2, -0.15) is 52.7 Å². The second kappa shape index (κ2) is 31.8. The number of esters is 2. The summed E-state index contributed by atoms with van der Waals surface area (Å²) < 4.78 is 171. The molecule has 0 N–H and O–H groups in total. The van der Waals surface area contributed by atoms with Gasteiger partial charge in [0.2, 0.25) is 0 Å². The Bertz CT molecular complexity index is 3620. The highest BCUT2D eigenvalue weighted by Crippen LogP contribution is 2.42. The predicted molar refractivity (Wildman–Crippen MR) is 333 cm³/mol. The summed E-state index contributed by atoms with van der Waals surface area (Å²) in [4.78, 5) is 63.4. The van der Waals surface area contributed by atoms with E-state index < -0.39 is 70.7 Å². The number of hydrogen-bond acceptors (Lipinski definition) is 8. The Morgan fingerprint density at radius 2 is 0.753 bits per heavy atom. The zero-order valence-corrected chi connectivity index (χ0v) is 51.8. The number of carbonyl (C=O) groups excluding carboxylic acids is 4. The fourth-order valence-corrected chi connectivity index (χ4v) is 9.37. The van der Waals surface area contributed by atoms with Gasteiger partial charge in [0.15, 0.2) is 0 Å². The molecule has 2 amide bonds. The number of ether oxygens (including phenoxy) is 2. The maximum Gasteiger partial charge on any atom is 0.416 e.